The summed E-state index contributed by atoms with van der Waals surface area (Å²) < 4.78 is 1.79. The van der Waals surface area contributed by atoms with Gasteiger partial charge in [-0.15, -0.1) is 0 Å². The minimum Gasteiger partial charge on any atom is -0.479 e. The Hall–Kier alpha value is -3.00. The average Bonchev–Trinajstić information content (AvgIpc) is 2.98. The summed E-state index contributed by atoms with van der Waals surface area (Å²) in [7, 11) is 0. The fourth-order valence-corrected chi connectivity index (χ4v) is 3.01. The van der Waals surface area contributed by atoms with Crippen molar-refractivity contribution in [3.05, 3.63) is 41.2 Å². The topological polar surface area (TPSA) is 117 Å². The smallest absolute Gasteiger partial charge is 0.337 e. The van der Waals surface area contributed by atoms with Crippen LogP contribution in [0.1, 0.15) is 30.3 Å². The molecule has 1 amide bonds. The molecule has 0 saturated carbocycles. The van der Waals surface area contributed by atoms with E-state index >= 15 is 0 Å². The summed E-state index contributed by atoms with van der Waals surface area (Å²) in [5.74, 6) is -1.71. The van der Waals surface area contributed by atoms with Gasteiger partial charge in [0.25, 0.3) is 0 Å². The highest BCUT2D eigenvalue weighted by molar-refractivity contribution is 5.92. The van der Waals surface area contributed by atoms with Crippen LogP contribution in [-0.4, -0.2) is 48.8 Å². The average molecular weight is 370 g/mol. The van der Waals surface area contributed by atoms with Crippen LogP contribution in [0.2, 0.25) is 0 Å². The van der Waals surface area contributed by atoms with Gasteiger partial charge in [-0.05, 0) is 44.9 Å². The Morgan fingerprint density at radius 1 is 1.26 bits per heavy atom. The van der Waals surface area contributed by atoms with E-state index in [1.165, 1.54) is 0 Å². The molecule has 0 bridgehead atoms. The number of nitrogens with zero attached hydrogens (tertiary/aromatic N) is 3. The van der Waals surface area contributed by atoms with Crippen molar-refractivity contribution in [3.8, 4) is 0 Å². The van der Waals surface area contributed by atoms with Crippen LogP contribution in [0.25, 0.3) is 16.6 Å². The third-order valence-electron chi connectivity index (χ3n) is 4.71. The van der Waals surface area contributed by atoms with Gasteiger partial charge >= 0.3 is 5.97 Å². The number of carbonyl (C=O) groups is 2. The maximum Gasteiger partial charge on any atom is 0.337 e. The number of aromatic nitrogens is 3. The highest BCUT2D eigenvalue weighted by Crippen LogP contribution is 2.22. The largest absolute Gasteiger partial charge is 0.479 e. The van der Waals surface area contributed by atoms with Crippen molar-refractivity contribution in [2.24, 2.45) is 0 Å². The van der Waals surface area contributed by atoms with Gasteiger partial charge in [0.2, 0.25) is 5.91 Å². The van der Waals surface area contributed by atoms with Crippen LogP contribution in [0.5, 0.6) is 0 Å². The molecule has 1 aromatic carbocycles. The maximum absolute atomic E-state index is 12.1. The predicted molar refractivity (Wildman–Crippen MR) is 99.6 cm³/mol. The first-order valence-electron chi connectivity index (χ1n) is 8.67. The van der Waals surface area contributed by atoms with Crippen molar-refractivity contribution in [3.63, 3.8) is 0 Å². The van der Waals surface area contributed by atoms with Crippen molar-refractivity contribution >= 4 is 28.4 Å². The number of amides is 1. The van der Waals surface area contributed by atoms with E-state index in [1.807, 2.05) is 38.1 Å². The number of fused-ring (bicyclic) bond motifs is 3. The van der Waals surface area contributed by atoms with Crippen molar-refractivity contribution < 1.29 is 19.8 Å². The number of aliphatic carboxylic acids is 1. The fraction of sp³-hybridized carbons (Fsp3) is 0.368. The molecule has 27 heavy (non-hydrogen) atoms. The molecule has 1 atom stereocenters. The van der Waals surface area contributed by atoms with Crippen LogP contribution in [0.15, 0.2) is 24.3 Å². The Kier molecular flexibility index (Phi) is 4.84. The Morgan fingerprint density at radius 2 is 1.96 bits per heavy atom. The Bertz CT molecular complexity index is 1040. The summed E-state index contributed by atoms with van der Waals surface area (Å²) in [6.45, 7) is 4.64. The van der Waals surface area contributed by atoms with Crippen molar-refractivity contribution in [1.29, 1.82) is 0 Å². The number of nitrogens with one attached hydrogen (secondary N) is 1. The molecule has 0 saturated heterocycles. The summed E-state index contributed by atoms with van der Waals surface area (Å²) in [5.41, 5.74) is 2.33. The lowest BCUT2D eigenvalue weighted by Gasteiger charge is -2.18. The highest BCUT2D eigenvalue weighted by atomic mass is 16.4. The lowest BCUT2D eigenvalue weighted by molar-refractivity contribution is -0.156. The Balaban J connectivity index is 1.78. The number of hydrogen-bond acceptors (Lipinski definition) is 5. The van der Waals surface area contributed by atoms with Crippen molar-refractivity contribution in [2.75, 3.05) is 6.54 Å². The third kappa shape index (κ3) is 3.61. The number of carboxylic acids is 1. The number of carbonyl (C=O) groups excluding carboxylic acids is 1. The number of rotatable bonds is 6. The fourth-order valence-electron chi connectivity index (χ4n) is 3.01. The molecule has 0 aliphatic carbocycles. The van der Waals surface area contributed by atoms with Crippen LogP contribution in [-0.2, 0) is 16.0 Å². The first-order chi connectivity index (χ1) is 12.7. The van der Waals surface area contributed by atoms with E-state index in [-0.39, 0.29) is 18.9 Å². The molecule has 0 spiro atoms. The van der Waals surface area contributed by atoms with E-state index in [0.717, 1.165) is 40.4 Å². The molecular weight excluding hydrogens is 348 g/mol. The molecular formula is C19H22N4O4. The summed E-state index contributed by atoms with van der Waals surface area (Å²) >= 11 is 0. The molecule has 3 aromatic rings. The zero-order valence-electron chi connectivity index (χ0n) is 15.5. The van der Waals surface area contributed by atoms with E-state index in [4.69, 9.17) is 5.11 Å². The number of aliphatic hydroxyl groups is 1. The number of aryl methyl sites for hydroxylation is 2. The second kappa shape index (κ2) is 6.96. The van der Waals surface area contributed by atoms with E-state index in [0.29, 0.717) is 6.42 Å². The monoisotopic (exact) mass is 370 g/mol. The van der Waals surface area contributed by atoms with Gasteiger partial charge in [-0.25, -0.2) is 14.3 Å². The van der Waals surface area contributed by atoms with E-state index in [1.54, 1.807) is 4.52 Å². The zero-order valence-corrected chi connectivity index (χ0v) is 15.5. The molecule has 142 valence electrons. The molecule has 3 N–H and O–H groups in total. The quantitative estimate of drug-likeness (QED) is 0.604. The maximum atomic E-state index is 12.1. The molecule has 2 heterocycles. The molecule has 0 aliphatic heterocycles. The third-order valence-corrected chi connectivity index (χ3v) is 4.71. The minimum atomic E-state index is -1.99. The lowest BCUT2D eigenvalue weighted by atomic mass is 10.1. The normalized spacial score (nSPS) is 13.6. The van der Waals surface area contributed by atoms with Crippen LogP contribution in [0, 0.1) is 13.8 Å². The Morgan fingerprint density at radius 3 is 2.67 bits per heavy atom. The summed E-state index contributed by atoms with van der Waals surface area (Å²) in [5, 5.41) is 26.6. The summed E-state index contributed by atoms with van der Waals surface area (Å²) in [6, 6.07) is 7.78. The van der Waals surface area contributed by atoms with Crippen molar-refractivity contribution in [2.45, 2.75) is 39.2 Å². The molecule has 1 unspecified atom stereocenters. The second-order valence-electron chi connectivity index (χ2n) is 6.87. The van der Waals surface area contributed by atoms with Gasteiger partial charge in [-0.1, -0.05) is 12.1 Å². The molecule has 2 aromatic heterocycles. The van der Waals surface area contributed by atoms with Crippen LogP contribution in [0.4, 0.5) is 0 Å². The van der Waals surface area contributed by atoms with Gasteiger partial charge in [0.15, 0.2) is 11.2 Å². The van der Waals surface area contributed by atoms with Gasteiger partial charge in [0.1, 0.15) is 0 Å². The van der Waals surface area contributed by atoms with E-state index in [9.17, 15) is 14.7 Å². The zero-order chi connectivity index (χ0) is 19.8. The molecule has 0 fully saturated rings. The minimum absolute atomic E-state index is 0.158. The van der Waals surface area contributed by atoms with Crippen LogP contribution >= 0.6 is 0 Å². The van der Waals surface area contributed by atoms with Gasteiger partial charge < -0.3 is 15.5 Å². The number of carboxylic acid groups (broad SMARTS) is 1. The summed E-state index contributed by atoms with van der Waals surface area (Å²) in [4.78, 5) is 27.6. The Labute approximate surface area is 155 Å². The van der Waals surface area contributed by atoms with Gasteiger partial charge in [-0.2, -0.15) is 5.10 Å². The molecule has 3 rings (SSSR count). The second-order valence-corrected chi connectivity index (χ2v) is 6.87. The van der Waals surface area contributed by atoms with Gasteiger partial charge in [0, 0.05) is 23.2 Å². The van der Waals surface area contributed by atoms with Crippen molar-refractivity contribution in [1.82, 2.24) is 19.9 Å². The van der Waals surface area contributed by atoms with Crippen LogP contribution in [0.3, 0.4) is 0 Å². The first-order valence-corrected chi connectivity index (χ1v) is 8.67. The predicted octanol–water partition coefficient (Wildman–Crippen LogP) is 1.38. The van der Waals surface area contributed by atoms with E-state index < -0.39 is 11.6 Å². The summed E-state index contributed by atoms with van der Waals surface area (Å²) in [6.07, 6.45) is 0.600. The lowest BCUT2D eigenvalue weighted by Crippen LogP contribution is -2.46. The van der Waals surface area contributed by atoms with Gasteiger partial charge in [0.05, 0.1) is 12.1 Å². The molecule has 0 aliphatic rings. The van der Waals surface area contributed by atoms with E-state index in [2.05, 4.69) is 15.4 Å². The van der Waals surface area contributed by atoms with Crippen LogP contribution < -0.4 is 5.32 Å². The van der Waals surface area contributed by atoms with Gasteiger partial charge in [-0.3, -0.25) is 4.79 Å². The number of hydrogen-bond donors (Lipinski definition) is 3. The molecule has 8 nitrogen and oxygen atoms in total. The highest BCUT2D eigenvalue weighted by Gasteiger charge is 2.30. The molecule has 0 radical (unpaired) electrons. The first kappa shape index (κ1) is 18.8. The number of benzene rings is 1. The standard InChI is InChI=1S/C19H22N4O4/c1-11-13(8-9-16(24)20-10-19(3,27)18(25)26)12(2)23-17(21-11)14-6-4-5-7-15(14)22-23/h4-7,27H,8-10H2,1-3H3,(H,20,24)(H,25,26). The molecule has 8 heteroatoms. The SMILES string of the molecule is Cc1nc2c3ccccc3nn2c(C)c1CCC(=O)NCC(C)(O)C(=O)O.